The summed E-state index contributed by atoms with van der Waals surface area (Å²) in [6, 6.07) is 19.3. The number of aliphatic hydroxyl groups is 1. The van der Waals surface area contributed by atoms with Gasteiger partial charge in [-0.05, 0) is 40.6 Å². The zero-order chi connectivity index (χ0) is 21.4. The molecule has 0 saturated carbocycles. The molecule has 1 aliphatic heterocycles. The molecular formula is C25H18N2O4. The molecule has 6 heteroatoms. The fourth-order valence-corrected chi connectivity index (χ4v) is 4.08. The number of amides is 1. The molecule has 0 spiro atoms. The zero-order valence-electron chi connectivity index (χ0n) is 16.4. The van der Waals surface area contributed by atoms with Crippen molar-refractivity contribution >= 4 is 28.2 Å². The van der Waals surface area contributed by atoms with Crippen LogP contribution in [0.4, 0.5) is 0 Å². The number of aromatic nitrogens is 1. The topological polar surface area (TPSA) is 83.6 Å². The summed E-state index contributed by atoms with van der Waals surface area (Å²) in [5, 5.41) is 13.0. The maximum atomic E-state index is 13.1. The minimum atomic E-state index is -0.757. The van der Waals surface area contributed by atoms with E-state index in [1.807, 2.05) is 36.4 Å². The van der Waals surface area contributed by atoms with Gasteiger partial charge in [0, 0.05) is 18.0 Å². The highest BCUT2D eigenvalue weighted by Gasteiger charge is 2.46. The number of hydrogen-bond acceptors (Lipinski definition) is 5. The highest BCUT2D eigenvalue weighted by Crippen LogP contribution is 2.41. The molecule has 1 N–H and O–H groups in total. The molecule has 1 aliphatic rings. The smallest absolute Gasteiger partial charge is 0.296 e. The Morgan fingerprint density at radius 3 is 2.52 bits per heavy atom. The van der Waals surface area contributed by atoms with Crippen LogP contribution in [0.2, 0.25) is 0 Å². The fraction of sp³-hybridized carbons (Fsp3) is 0.0800. The monoisotopic (exact) mass is 410 g/mol. The van der Waals surface area contributed by atoms with E-state index in [-0.39, 0.29) is 17.9 Å². The van der Waals surface area contributed by atoms with Gasteiger partial charge in [0.1, 0.15) is 11.5 Å². The average Bonchev–Trinajstić information content (AvgIpc) is 3.41. The third-order valence-corrected chi connectivity index (χ3v) is 5.51. The van der Waals surface area contributed by atoms with Gasteiger partial charge in [-0.25, -0.2) is 0 Å². The molecule has 1 fully saturated rings. The Morgan fingerprint density at radius 1 is 0.968 bits per heavy atom. The molecule has 31 heavy (non-hydrogen) atoms. The maximum Gasteiger partial charge on any atom is 0.296 e. The Kier molecular flexibility index (Phi) is 4.59. The van der Waals surface area contributed by atoms with E-state index in [0.29, 0.717) is 16.9 Å². The largest absolute Gasteiger partial charge is 0.507 e. The minimum absolute atomic E-state index is 0.0547. The van der Waals surface area contributed by atoms with Gasteiger partial charge in [0.25, 0.3) is 11.7 Å². The second kappa shape index (κ2) is 7.57. The molecule has 152 valence electrons. The van der Waals surface area contributed by atoms with Crippen molar-refractivity contribution in [2.45, 2.75) is 12.6 Å². The van der Waals surface area contributed by atoms with E-state index in [0.717, 1.165) is 10.8 Å². The van der Waals surface area contributed by atoms with Crippen LogP contribution in [0.3, 0.4) is 0 Å². The molecule has 4 aromatic rings. The van der Waals surface area contributed by atoms with Crippen molar-refractivity contribution in [1.82, 2.24) is 9.88 Å². The molecule has 2 aromatic heterocycles. The Bertz CT molecular complexity index is 1300. The lowest BCUT2D eigenvalue weighted by molar-refractivity contribution is -0.140. The van der Waals surface area contributed by atoms with Gasteiger partial charge in [0.05, 0.1) is 24.4 Å². The van der Waals surface area contributed by atoms with Crippen LogP contribution in [-0.4, -0.2) is 26.7 Å². The molecule has 5 rings (SSSR count). The van der Waals surface area contributed by atoms with Gasteiger partial charge in [-0.3, -0.25) is 14.6 Å². The molecule has 1 amide bonds. The third kappa shape index (κ3) is 3.18. The van der Waals surface area contributed by atoms with Crippen molar-refractivity contribution in [2.75, 3.05) is 0 Å². The molecule has 2 aromatic carbocycles. The van der Waals surface area contributed by atoms with Crippen LogP contribution in [0.1, 0.15) is 22.9 Å². The van der Waals surface area contributed by atoms with E-state index in [2.05, 4.69) is 4.98 Å². The van der Waals surface area contributed by atoms with Crippen LogP contribution < -0.4 is 0 Å². The molecular weight excluding hydrogens is 392 g/mol. The summed E-state index contributed by atoms with van der Waals surface area (Å²) in [5.41, 5.74) is 1.25. The number of carbonyl (C=O) groups is 2. The number of benzene rings is 2. The molecule has 3 heterocycles. The second-order valence-electron chi connectivity index (χ2n) is 7.31. The summed E-state index contributed by atoms with van der Waals surface area (Å²) in [4.78, 5) is 31.6. The van der Waals surface area contributed by atoms with Crippen LogP contribution >= 0.6 is 0 Å². The normalized spacial score (nSPS) is 18.1. The van der Waals surface area contributed by atoms with Gasteiger partial charge in [-0.1, -0.05) is 42.5 Å². The van der Waals surface area contributed by atoms with Crippen molar-refractivity contribution < 1.29 is 19.1 Å². The number of pyridine rings is 1. The number of carbonyl (C=O) groups excluding carboxylic acids is 2. The van der Waals surface area contributed by atoms with Crippen LogP contribution in [0.25, 0.3) is 16.5 Å². The van der Waals surface area contributed by atoms with Gasteiger partial charge in [0.2, 0.25) is 0 Å². The number of likely N-dealkylation sites (tertiary alicyclic amines) is 1. The first-order chi connectivity index (χ1) is 15.1. The molecule has 1 saturated heterocycles. The third-order valence-electron chi connectivity index (χ3n) is 5.51. The van der Waals surface area contributed by atoms with Crippen molar-refractivity contribution in [3.05, 3.63) is 108 Å². The Labute approximate surface area is 178 Å². The van der Waals surface area contributed by atoms with Gasteiger partial charge >= 0.3 is 0 Å². The van der Waals surface area contributed by atoms with Gasteiger partial charge in [0.15, 0.2) is 0 Å². The number of furan rings is 1. The van der Waals surface area contributed by atoms with Gasteiger partial charge in [-0.2, -0.15) is 0 Å². The molecule has 1 atom stereocenters. The number of nitrogens with zero attached hydrogens (tertiary/aromatic N) is 2. The van der Waals surface area contributed by atoms with E-state index in [1.54, 1.807) is 42.7 Å². The number of ketones is 1. The van der Waals surface area contributed by atoms with E-state index in [9.17, 15) is 14.7 Å². The predicted octanol–water partition coefficient (Wildman–Crippen LogP) is 4.45. The van der Waals surface area contributed by atoms with E-state index >= 15 is 0 Å². The molecule has 0 aliphatic carbocycles. The number of rotatable bonds is 4. The lowest BCUT2D eigenvalue weighted by Crippen LogP contribution is -2.29. The Hall–Kier alpha value is -4.19. The minimum Gasteiger partial charge on any atom is -0.507 e. The van der Waals surface area contributed by atoms with Gasteiger partial charge < -0.3 is 14.4 Å². The molecule has 0 bridgehead atoms. The second-order valence-corrected chi connectivity index (χ2v) is 7.31. The summed E-state index contributed by atoms with van der Waals surface area (Å²) in [6.07, 6.45) is 4.71. The first kappa shape index (κ1) is 18.8. The molecule has 1 unspecified atom stereocenters. The van der Waals surface area contributed by atoms with Crippen LogP contribution in [0, 0.1) is 0 Å². The number of Topliss-reactive ketones (excluding diaryl/α,β-unsaturated/α-hetero) is 1. The summed E-state index contributed by atoms with van der Waals surface area (Å²) < 4.78 is 5.41. The standard InChI is InChI=1S/C25H18N2O4/c28-23(20-9-3-6-16-5-1-2-8-19(16)20)21-22(17-10-12-26-13-11-17)27(25(30)24(21)29)15-18-7-4-14-31-18/h1-14,22,28H,15H2/b23-21-. The quantitative estimate of drug-likeness (QED) is 0.305. The Balaban J connectivity index is 1.71. The van der Waals surface area contributed by atoms with Crippen molar-refractivity contribution in [2.24, 2.45) is 0 Å². The van der Waals surface area contributed by atoms with Crippen molar-refractivity contribution in [1.29, 1.82) is 0 Å². The van der Waals surface area contributed by atoms with Crippen LogP contribution in [0.15, 0.2) is 95.4 Å². The van der Waals surface area contributed by atoms with Crippen LogP contribution in [-0.2, 0) is 16.1 Å². The van der Waals surface area contributed by atoms with Gasteiger partial charge in [-0.15, -0.1) is 0 Å². The SMILES string of the molecule is O=C1C(=O)N(Cc2ccco2)C(c2ccncc2)/C1=C(/O)c1cccc2ccccc12. The van der Waals surface area contributed by atoms with Crippen molar-refractivity contribution in [3.8, 4) is 0 Å². The maximum absolute atomic E-state index is 13.1. The predicted molar refractivity (Wildman–Crippen MR) is 115 cm³/mol. The molecule has 6 nitrogen and oxygen atoms in total. The number of aliphatic hydroxyl groups excluding tert-OH is 1. The van der Waals surface area contributed by atoms with E-state index in [1.165, 1.54) is 11.2 Å². The fourth-order valence-electron chi connectivity index (χ4n) is 4.08. The van der Waals surface area contributed by atoms with Crippen molar-refractivity contribution in [3.63, 3.8) is 0 Å². The van der Waals surface area contributed by atoms with Crippen LogP contribution in [0.5, 0.6) is 0 Å². The number of fused-ring (bicyclic) bond motifs is 1. The highest BCUT2D eigenvalue weighted by atomic mass is 16.3. The Morgan fingerprint density at radius 2 is 1.74 bits per heavy atom. The van der Waals surface area contributed by atoms with E-state index < -0.39 is 17.7 Å². The summed E-state index contributed by atoms with van der Waals surface area (Å²) in [6.45, 7) is 0.108. The zero-order valence-corrected chi connectivity index (χ0v) is 16.4. The summed E-state index contributed by atoms with van der Waals surface area (Å²) in [5.74, 6) is -1.05. The lowest BCUT2D eigenvalue weighted by Gasteiger charge is -2.24. The summed E-state index contributed by atoms with van der Waals surface area (Å²) in [7, 11) is 0. The molecule has 0 radical (unpaired) electrons. The lowest BCUT2D eigenvalue weighted by atomic mass is 9.94. The first-order valence-electron chi connectivity index (χ1n) is 9.84. The van der Waals surface area contributed by atoms with E-state index in [4.69, 9.17) is 4.42 Å². The average molecular weight is 410 g/mol. The highest BCUT2D eigenvalue weighted by molar-refractivity contribution is 6.46. The summed E-state index contributed by atoms with van der Waals surface area (Å²) >= 11 is 0. The first-order valence-corrected chi connectivity index (χ1v) is 9.84. The number of hydrogen-bond donors (Lipinski definition) is 1.